The first-order chi connectivity index (χ1) is 16.2. The number of nitrogens with zero attached hydrogens (tertiary/aromatic N) is 1. The van der Waals surface area contributed by atoms with Crippen LogP contribution in [-0.2, 0) is 14.8 Å². The normalized spacial score (nSPS) is 18.9. The maximum Gasteiger partial charge on any atom is 0.333 e. The number of carboxylic acids is 1. The van der Waals surface area contributed by atoms with E-state index in [9.17, 15) is 18.3 Å². The van der Waals surface area contributed by atoms with Crippen molar-refractivity contribution in [2.24, 2.45) is 0 Å². The monoisotopic (exact) mass is 541 g/mol. The number of benzene rings is 3. The molecule has 8 heteroatoms. The first kappa shape index (κ1) is 24.2. The second kappa shape index (κ2) is 9.74. The predicted molar refractivity (Wildman–Crippen MR) is 133 cm³/mol. The van der Waals surface area contributed by atoms with Crippen LogP contribution in [-0.4, -0.2) is 30.9 Å². The Morgan fingerprint density at radius 1 is 1.03 bits per heavy atom. The first-order valence-corrected chi connectivity index (χ1v) is 12.9. The Morgan fingerprint density at radius 2 is 1.71 bits per heavy atom. The molecule has 0 unspecified atom stereocenters. The quantitative estimate of drug-likeness (QED) is 0.435. The van der Waals surface area contributed by atoms with Crippen LogP contribution in [0.5, 0.6) is 5.75 Å². The van der Waals surface area contributed by atoms with E-state index in [2.05, 4.69) is 15.9 Å². The van der Waals surface area contributed by atoms with Crippen LogP contribution in [0.25, 0.3) is 0 Å². The minimum absolute atomic E-state index is 0.0264. The van der Waals surface area contributed by atoms with E-state index in [-0.39, 0.29) is 16.9 Å². The molecule has 1 aliphatic heterocycles. The molecule has 1 aliphatic rings. The topological polar surface area (TPSA) is 83.9 Å². The van der Waals surface area contributed by atoms with Crippen molar-refractivity contribution in [3.05, 3.63) is 106 Å². The summed E-state index contributed by atoms with van der Waals surface area (Å²) in [5.41, 5.74) is 2.27. The fourth-order valence-corrected chi connectivity index (χ4v) is 6.42. The lowest BCUT2D eigenvalue weighted by Crippen LogP contribution is -2.42. The zero-order chi connectivity index (χ0) is 24.5. The highest BCUT2D eigenvalue weighted by Crippen LogP contribution is 2.46. The van der Waals surface area contributed by atoms with E-state index in [0.717, 1.165) is 15.6 Å². The Labute approximate surface area is 207 Å². The third-order valence-electron chi connectivity index (χ3n) is 5.93. The number of carboxylic acid groups (broad SMARTS) is 1. The smallest absolute Gasteiger partial charge is 0.333 e. The van der Waals surface area contributed by atoms with Gasteiger partial charge in [-0.2, -0.15) is 4.31 Å². The van der Waals surface area contributed by atoms with Gasteiger partial charge in [-0.25, -0.2) is 13.2 Å². The van der Waals surface area contributed by atoms with Crippen molar-refractivity contribution in [3.8, 4) is 5.75 Å². The molecule has 0 aliphatic carbocycles. The molecule has 4 rings (SSSR count). The molecule has 6 nitrogen and oxygen atoms in total. The number of halogens is 1. The lowest BCUT2D eigenvalue weighted by atomic mass is 9.89. The highest BCUT2D eigenvalue weighted by molar-refractivity contribution is 9.10. The number of aryl methyl sites for hydroxylation is 1. The molecule has 3 aromatic rings. The fraction of sp³-hybridized carbons (Fsp3) is 0.192. The highest BCUT2D eigenvalue weighted by Gasteiger charge is 2.44. The molecule has 3 aromatic carbocycles. The summed E-state index contributed by atoms with van der Waals surface area (Å²) >= 11 is 3.44. The summed E-state index contributed by atoms with van der Waals surface area (Å²) < 4.78 is 35.5. The van der Waals surface area contributed by atoms with Crippen LogP contribution in [0.15, 0.2) is 93.8 Å². The van der Waals surface area contributed by atoms with Crippen molar-refractivity contribution in [2.45, 2.75) is 30.3 Å². The molecule has 0 saturated heterocycles. The highest BCUT2D eigenvalue weighted by atomic mass is 79.9. The van der Waals surface area contributed by atoms with Gasteiger partial charge in [0.25, 0.3) is 0 Å². The van der Waals surface area contributed by atoms with Crippen molar-refractivity contribution in [3.63, 3.8) is 0 Å². The molecule has 0 spiro atoms. The van der Waals surface area contributed by atoms with Crippen molar-refractivity contribution in [1.82, 2.24) is 4.31 Å². The Morgan fingerprint density at radius 3 is 2.29 bits per heavy atom. The number of rotatable bonds is 6. The molecule has 1 N–H and O–H groups in total. The molecule has 2 atom stereocenters. The van der Waals surface area contributed by atoms with Crippen LogP contribution in [0.4, 0.5) is 0 Å². The van der Waals surface area contributed by atoms with Crippen LogP contribution in [0.1, 0.15) is 35.2 Å². The zero-order valence-electron chi connectivity index (χ0n) is 18.7. The van der Waals surface area contributed by atoms with Gasteiger partial charge in [0, 0.05) is 4.47 Å². The van der Waals surface area contributed by atoms with E-state index in [4.69, 9.17) is 4.74 Å². The first-order valence-electron chi connectivity index (χ1n) is 10.7. The molecule has 0 fully saturated rings. The maximum atomic E-state index is 14.1. The Kier molecular flexibility index (Phi) is 6.93. The fourth-order valence-electron chi connectivity index (χ4n) is 4.23. The molecule has 0 radical (unpaired) electrons. The van der Waals surface area contributed by atoms with Gasteiger partial charge in [-0.1, -0.05) is 64.0 Å². The molecular formula is C26H24BrNO5S. The molecule has 0 saturated carbocycles. The molecule has 0 aromatic heterocycles. The third-order valence-corrected chi connectivity index (χ3v) is 8.31. The van der Waals surface area contributed by atoms with Gasteiger partial charge in [-0.3, -0.25) is 0 Å². The summed E-state index contributed by atoms with van der Waals surface area (Å²) in [4.78, 5) is 12.4. The second-order valence-electron chi connectivity index (χ2n) is 8.09. The Balaban J connectivity index is 1.96. The lowest BCUT2D eigenvalue weighted by molar-refractivity contribution is -0.133. The van der Waals surface area contributed by atoms with Crippen molar-refractivity contribution < 1.29 is 23.1 Å². The second-order valence-corrected chi connectivity index (χ2v) is 10.9. The number of ether oxygens (including phenoxy) is 1. The van der Waals surface area contributed by atoms with Gasteiger partial charge in [0.15, 0.2) is 0 Å². The minimum atomic E-state index is -4.09. The summed E-state index contributed by atoms with van der Waals surface area (Å²) in [5.74, 6) is -0.500. The van der Waals surface area contributed by atoms with E-state index in [1.807, 2.05) is 25.1 Å². The molecule has 176 valence electrons. The van der Waals surface area contributed by atoms with Crippen LogP contribution in [0.3, 0.4) is 0 Å². The summed E-state index contributed by atoms with van der Waals surface area (Å²) in [6.45, 7) is 1.88. The van der Waals surface area contributed by atoms with Crippen molar-refractivity contribution >= 4 is 31.9 Å². The van der Waals surface area contributed by atoms with Gasteiger partial charge in [0.1, 0.15) is 5.75 Å². The molecular weight excluding hydrogens is 518 g/mol. The van der Waals surface area contributed by atoms with E-state index in [0.29, 0.717) is 11.3 Å². The van der Waals surface area contributed by atoms with E-state index >= 15 is 0 Å². The molecule has 0 bridgehead atoms. The predicted octanol–water partition coefficient (Wildman–Crippen LogP) is 5.65. The van der Waals surface area contributed by atoms with Crippen molar-refractivity contribution in [1.29, 1.82) is 0 Å². The van der Waals surface area contributed by atoms with Crippen LogP contribution < -0.4 is 4.74 Å². The van der Waals surface area contributed by atoms with Gasteiger partial charge in [0.2, 0.25) is 10.0 Å². The van der Waals surface area contributed by atoms with Gasteiger partial charge in [0.05, 0.1) is 29.7 Å². The summed E-state index contributed by atoms with van der Waals surface area (Å²) in [5, 5.41) is 10.0. The minimum Gasteiger partial charge on any atom is -0.497 e. The van der Waals surface area contributed by atoms with Gasteiger partial charge in [-0.15, -0.1) is 0 Å². The maximum absolute atomic E-state index is 14.1. The molecule has 1 heterocycles. The number of sulfonamides is 1. The largest absolute Gasteiger partial charge is 0.497 e. The van der Waals surface area contributed by atoms with Gasteiger partial charge < -0.3 is 9.84 Å². The van der Waals surface area contributed by atoms with Crippen molar-refractivity contribution in [2.75, 3.05) is 7.11 Å². The van der Waals surface area contributed by atoms with Crippen LogP contribution in [0, 0.1) is 6.92 Å². The third kappa shape index (κ3) is 4.66. The summed E-state index contributed by atoms with van der Waals surface area (Å²) in [6, 6.07) is 19.3. The van der Waals surface area contributed by atoms with E-state index < -0.39 is 28.1 Å². The van der Waals surface area contributed by atoms with E-state index in [1.54, 1.807) is 67.8 Å². The average Bonchev–Trinajstić information content (AvgIpc) is 2.83. The Bertz CT molecular complexity index is 1330. The van der Waals surface area contributed by atoms with Crippen LogP contribution >= 0.6 is 15.9 Å². The number of aliphatic carboxylic acids is 1. The number of methoxy groups -OCH3 is 1. The number of carbonyl (C=O) groups is 1. The summed E-state index contributed by atoms with van der Waals surface area (Å²) in [7, 11) is -2.52. The lowest BCUT2D eigenvalue weighted by Gasteiger charge is -2.40. The zero-order valence-corrected chi connectivity index (χ0v) is 21.1. The van der Waals surface area contributed by atoms with Gasteiger partial charge in [-0.05, 0) is 60.9 Å². The standard InChI is InChI=1S/C26H24BrNO5S/c1-17-6-12-22(13-7-17)34(31,32)28-24(18-8-10-21(33-2)11-9-18)15-14-23(26(29)30)25(28)19-4-3-5-20(27)16-19/h3-14,16,24-25H,15H2,1-2H3,(H,29,30)/t24-,25-/m0/s1. The summed E-state index contributed by atoms with van der Waals surface area (Å²) in [6.07, 6.45) is 1.85. The molecule has 0 amide bonds. The number of hydrogen-bond acceptors (Lipinski definition) is 4. The van der Waals surface area contributed by atoms with Crippen LogP contribution in [0.2, 0.25) is 0 Å². The van der Waals surface area contributed by atoms with E-state index in [1.165, 1.54) is 4.31 Å². The SMILES string of the molecule is COc1ccc([C@@H]2CC=C(C(=O)O)[C@H](c3cccc(Br)c3)N2S(=O)(=O)c2ccc(C)cc2)cc1. The Hall–Kier alpha value is -2.94. The molecule has 34 heavy (non-hydrogen) atoms. The van der Waals surface area contributed by atoms with Gasteiger partial charge >= 0.3 is 5.97 Å². The average molecular weight is 542 g/mol. The number of hydrogen-bond donors (Lipinski definition) is 1.